The van der Waals surface area contributed by atoms with Gasteiger partial charge in [0.2, 0.25) is 11.8 Å². The summed E-state index contributed by atoms with van der Waals surface area (Å²) < 4.78 is 15.1. The molecule has 0 bridgehead atoms. The van der Waals surface area contributed by atoms with E-state index < -0.39 is 29.5 Å². The van der Waals surface area contributed by atoms with Crippen LogP contribution in [0.2, 0.25) is 0 Å². The summed E-state index contributed by atoms with van der Waals surface area (Å²) in [5.74, 6) is -2.74. The Labute approximate surface area is 183 Å². The maximum absolute atomic E-state index is 14.2. The molecule has 0 aliphatic carbocycles. The van der Waals surface area contributed by atoms with E-state index in [0.29, 0.717) is 11.3 Å². The van der Waals surface area contributed by atoms with Crippen molar-refractivity contribution in [2.24, 2.45) is 0 Å². The molecule has 2 heterocycles. The Hall–Kier alpha value is -2.36. The van der Waals surface area contributed by atoms with E-state index in [0.717, 1.165) is 26.0 Å². The number of amides is 3. The zero-order valence-electron chi connectivity index (χ0n) is 14.9. The molecule has 0 radical (unpaired) electrons. The van der Waals surface area contributed by atoms with Gasteiger partial charge >= 0.3 is 0 Å². The zero-order chi connectivity index (χ0) is 20.9. The van der Waals surface area contributed by atoms with Gasteiger partial charge in [-0.1, -0.05) is 52.0 Å². The fourth-order valence-corrected chi connectivity index (χ4v) is 5.00. The van der Waals surface area contributed by atoms with Crippen molar-refractivity contribution in [3.05, 3.63) is 69.3 Å². The number of imide groups is 1. The Bertz CT molecular complexity index is 1130. The number of anilines is 2. The molecule has 1 atom stereocenters. The van der Waals surface area contributed by atoms with Gasteiger partial charge in [-0.2, -0.15) is 0 Å². The SMILES string of the molecule is CC(=O)N1C(=O)C(/C=C2\SC(=S)N(c3ccccc3F)C2=O)c2cc(Br)ccc21. The van der Waals surface area contributed by atoms with E-state index in [4.69, 9.17) is 12.2 Å². The van der Waals surface area contributed by atoms with E-state index in [1.165, 1.54) is 31.2 Å². The topological polar surface area (TPSA) is 57.7 Å². The molecule has 2 aliphatic rings. The summed E-state index contributed by atoms with van der Waals surface area (Å²) in [5, 5.41) is 0. The second kappa shape index (κ2) is 7.47. The van der Waals surface area contributed by atoms with Gasteiger partial charge in [0.05, 0.1) is 22.2 Å². The van der Waals surface area contributed by atoms with Crippen LogP contribution in [0.5, 0.6) is 0 Å². The monoisotopic (exact) mass is 490 g/mol. The average Bonchev–Trinajstić information content (AvgIpc) is 3.09. The third-order valence-electron chi connectivity index (χ3n) is 4.57. The number of thioether (sulfide) groups is 1. The van der Waals surface area contributed by atoms with Crippen LogP contribution in [0.15, 0.2) is 57.9 Å². The molecule has 1 saturated heterocycles. The fraction of sp³-hybridized carbons (Fsp3) is 0.100. The Morgan fingerprint density at radius 2 is 1.93 bits per heavy atom. The van der Waals surface area contributed by atoms with Gasteiger partial charge < -0.3 is 0 Å². The zero-order valence-corrected chi connectivity index (χ0v) is 18.1. The summed E-state index contributed by atoms with van der Waals surface area (Å²) in [5.41, 5.74) is 1.15. The van der Waals surface area contributed by atoms with Gasteiger partial charge in [0.25, 0.3) is 5.91 Å². The highest BCUT2D eigenvalue weighted by atomic mass is 79.9. The normalized spacial score (nSPS) is 20.0. The predicted molar refractivity (Wildman–Crippen MR) is 117 cm³/mol. The number of halogens is 2. The number of fused-ring (bicyclic) bond motifs is 1. The molecule has 1 fully saturated rings. The third-order valence-corrected chi connectivity index (χ3v) is 6.39. The van der Waals surface area contributed by atoms with Gasteiger partial charge in [0, 0.05) is 11.4 Å². The number of benzene rings is 2. The Morgan fingerprint density at radius 3 is 2.62 bits per heavy atom. The van der Waals surface area contributed by atoms with Gasteiger partial charge in [-0.3, -0.25) is 19.3 Å². The summed E-state index contributed by atoms with van der Waals surface area (Å²) in [6.07, 6.45) is 1.50. The van der Waals surface area contributed by atoms with Gasteiger partial charge in [0.15, 0.2) is 4.32 Å². The molecule has 1 unspecified atom stereocenters. The van der Waals surface area contributed by atoms with E-state index in [1.54, 1.807) is 24.3 Å². The molecule has 0 aromatic heterocycles. The van der Waals surface area contributed by atoms with E-state index in [9.17, 15) is 18.8 Å². The summed E-state index contributed by atoms with van der Waals surface area (Å²) >= 11 is 9.64. The molecule has 4 rings (SSSR count). The summed E-state index contributed by atoms with van der Waals surface area (Å²) in [6, 6.07) is 11.0. The number of nitrogens with zero attached hydrogens (tertiary/aromatic N) is 2. The molecule has 0 saturated carbocycles. The number of hydrogen-bond acceptors (Lipinski definition) is 5. The highest BCUT2D eigenvalue weighted by Crippen LogP contribution is 2.43. The van der Waals surface area contributed by atoms with Crippen molar-refractivity contribution in [3.63, 3.8) is 0 Å². The molecule has 0 N–H and O–H groups in total. The minimum atomic E-state index is -0.818. The maximum atomic E-state index is 14.2. The van der Waals surface area contributed by atoms with E-state index >= 15 is 0 Å². The highest BCUT2D eigenvalue weighted by molar-refractivity contribution is 9.10. The summed E-state index contributed by atoms with van der Waals surface area (Å²) in [6.45, 7) is 1.31. The molecular formula is C20H12BrFN2O3S2. The van der Waals surface area contributed by atoms with Gasteiger partial charge in [-0.15, -0.1) is 0 Å². The summed E-state index contributed by atoms with van der Waals surface area (Å²) in [7, 11) is 0. The highest BCUT2D eigenvalue weighted by Gasteiger charge is 2.41. The largest absolute Gasteiger partial charge is 0.274 e. The van der Waals surface area contributed by atoms with Crippen LogP contribution in [0.3, 0.4) is 0 Å². The quantitative estimate of drug-likeness (QED) is 0.457. The van der Waals surface area contributed by atoms with Crippen LogP contribution in [0, 0.1) is 5.82 Å². The van der Waals surface area contributed by atoms with Crippen LogP contribution in [0.25, 0.3) is 0 Å². The van der Waals surface area contributed by atoms with Crippen LogP contribution in [0.1, 0.15) is 18.4 Å². The molecule has 2 aromatic rings. The van der Waals surface area contributed by atoms with Crippen molar-refractivity contribution >= 4 is 73.3 Å². The van der Waals surface area contributed by atoms with Crippen molar-refractivity contribution in [1.82, 2.24) is 0 Å². The van der Waals surface area contributed by atoms with Crippen LogP contribution in [-0.4, -0.2) is 22.0 Å². The Morgan fingerprint density at radius 1 is 1.21 bits per heavy atom. The lowest BCUT2D eigenvalue weighted by Crippen LogP contribution is -2.33. The number of rotatable bonds is 2. The smallest absolute Gasteiger partial charge is 0.270 e. The van der Waals surface area contributed by atoms with Crippen molar-refractivity contribution in [2.75, 3.05) is 9.80 Å². The average molecular weight is 491 g/mol. The van der Waals surface area contributed by atoms with Crippen molar-refractivity contribution in [1.29, 1.82) is 0 Å². The van der Waals surface area contributed by atoms with Crippen molar-refractivity contribution < 1.29 is 18.8 Å². The Kier molecular flexibility index (Phi) is 5.14. The second-order valence-corrected chi connectivity index (χ2v) is 8.96. The molecule has 2 aromatic carbocycles. The first-order chi connectivity index (χ1) is 13.8. The minimum Gasteiger partial charge on any atom is -0.274 e. The lowest BCUT2D eigenvalue weighted by molar-refractivity contribution is -0.125. The maximum Gasteiger partial charge on any atom is 0.270 e. The fourth-order valence-electron chi connectivity index (χ4n) is 3.33. The molecule has 29 heavy (non-hydrogen) atoms. The predicted octanol–water partition coefficient (Wildman–Crippen LogP) is 4.51. The third kappa shape index (κ3) is 3.33. The first-order valence-corrected chi connectivity index (χ1v) is 10.5. The lowest BCUT2D eigenvalue weighted by atomic mass is 10.00. The van der Waals surface area contributed by atoms with Gasteiger partial charge in [-0.25, -0.2) is 9.29 Å². The van der Waals surface area contributed by atoms with Crippen LogP contribution < -0.4 is 9.80 Å². The number of thiocarbonyl (C=S) groups is 1. The Balaban J connectivity index is 1.75. The standard InChI is InChI=1S/C20H12BrFN2O3S2/c1-10(25)23-15-7-6-11(21)8-12(15)13(18(23)26)9-17-19(27)24(20(28)29-17)16-5-3-2-4-14(16)22/h2-9,13H,1H3/b17-9-. The van der Waals surface area contributed by atoms with Crippen molar-refractivity contribution in [2.45, 2.75) is 12.8 Å². The number of hydrogen-bond donors (Lipinski definition) is 0. The van der Waals surface area contributed by atoms with Crippen LogP contribution in [0.4, 0.5) is 15.8 Å². The number of carbonyl (C=O) groups excluding carboxylic acids is 3. The number of para-hydroxylation sites is 1. The first kappa shape index (κ1) is 19.9. The van der Waals surface area contributed by atoms with E-state index in [-0.39, 0.29) is 14.9 Å². The molecule has 3 amide bonds. The number of carbonyl (C=O) groups is 3. The molecule has 0 spiro atoms. The molecule has 9 heteroatoms. The molecule has 146 valence electrons. The van der Waals surface area contributed by atoms with E-state index in [1.807, 2.05) is 0 Å². The van der Waals surface area contributed by atoms with Gasteiger partial charge in [-0.05, 0) is 42.0 Å². The van der Waals surface area contributed by atoms with E-state index in [2.05, 4.69) is 15.9 Å². The first-order valence-electron chi connectivity index (χ1n) is 8.46. The summed E-state index contributed by atoms with van der Waals surface area (Å²) in [4.78, 5) is 40.3. The van der Waals surface area contributed by atoms with Gasteiger partial charge in [0.1, 0.15) is 5.82 Å². The van der Waals surface area contributed by atoms with Crippen LogP contribution >= 0.6 is 39.9 Å². The molecule has 5 nitrogen and oxygen atoms in total. The lowest BCUT2D eigenvalue weighted by Gasteiger charge is -2.15. The van der Waals surface area contributed by atoms with Crippen LogP contribution in [-0.2, 0) is 14.4 Å². The molecule has 2 aliphatic heterocycles. The molecular weight excluding hydrogens is 479 g/mol. The van der Waals surface area contributed by atoms with Crippen molar-refractivity contribution in [3.8, 4) is 0 Å². The minimum absolute atomic E-state index is 0.0599. The second-order valence-electron chi connectivity index (χ2n) is 6.36.